The monoisotopic (exact) mass is 183 g/mol. The predicted octanol–water partition coefficient (Wildman–Crippen LogP) is 1.16. The summed E-state index contributed by atoms with van der Waals surface area (Å²) < 4.78 is 0. The first-order chi connectivity index (χ1) is 6.38. The molecular formula is C10H21N3. The Morgan fingerprint density at radius 3 is 2.23 bits per heavy atom. The molecule has 0 radical (unpaired) electrons. The minimum Gasteiger partial charge on any atom is -0.287 e. The standard InChI is InChI=1S/C10H21N3/c11-13-9-5-2-6-10(13)12-7-3-1-4-8-12/h10H,1-9,11H2. The molecule has 0 saturated carbocycles. The van der Waals surface area contributed by atoms with Gasteiger partial charge in [0.1, 0.15) is 0 Å². The highest BCUT2D eigenvalue weighted by atomic mass is 15.5. The van der Waals surface area contributed by atoms with Gasteiger partial charge in [-0.2, -0.15) is 0 Å². The number of hydrogen-bond donors (Lipinski definition) is 1. The molecule has 76 valence electrons. The van der Waals surface area contributed by atoms with Crippen LogP contribution < -0.4 is 5.84 Å². The molecule has 2 fully saturated rings. The van der Waals surface area contributed by atoms with Gasteiger partial charge in [0, 0.05) is 6.54 Å². The SMILES string of the molecule is NN1CCCCC1N1CCCCC1. The summed E-state index contributed by atoms with van der Waals surface area (Å²) in [7, 11) is 0. The largest absolute Gasteiger partial charge is 0.287 e. The summed E-state index contributed by atoms with van der Waals surface area (Å²) in [5, 5.41) is 2.05. The van der Waals surface area contributed by atoms with Crippen LogP contribution in [0.15, 0.2) is 0 Å². The Morgan fingerprint density at radius 2 is 1.54 bits per heavy atom. The van der Waals surface area contributed by atoms with Gasteiger partial charge in [-0.3, -0.25) is 10.7 Å². The molecule has 2 N–H and O–H groups in total. The van der Waals surface area contributed by atoms with Crippen molar-refractivity contribution in [3.63, 3.8) is 0 Å². The summed E-state index contributed by atoms with van der Waals surface area (Å²) in [6.07, 6.45) is 8.60. The Labute approximate surface area is 80.8 Å². The van der Waals surface area contributed by atoms with Crippen LogP contribution in [-0.2, 0) is 0 Å². The van der Waals surface area contributed by atoms with Crippen molar-refractivity contribution in [2.75, 3.05) is 19.6 Å². The van der Waals surface area contributed by atoms with E-state index in [0.29, 0.717) is 6.17 Å². The number of hydrogen-bond acceptors (Lipinski definition) is 3. The fraction of sp³-hybridized carbons (Fsp3) is 1.00. The smallest absolute Gasteiger partial charge is 0.0755 e. The summed E-state index contributed by atoms with van der Waals surface area (Å²) in [5.41, 5.74) is 0. The van der Waals surface area contributed by atoms with E-state index in [1.807, 2.05) is 0 Å². The van der Waals surface area contributed by atoms with E-state index in [-0.39, 0.29) is 0 Å². The highest BCUT2D eigenvalue weighted by Gasteiger charge is 2.26. The van der Waals surface area contributed by atoms with Crippen molar-refractivity contribution in [3.8, 4) is 0 Å². The van der Waals surface area contributed by atoms with E-state index in [4.69, 9.17) is 5.84 Å². The molecule has 1 atom stereocenters. The molecule has 0 aromatic rings. The van der Waals surface area contributed by atoms with Crippen LogP contribution in [-0.4, -0.2) is 35.7 Å². The Balaban J connectivity index is 1.88. The molecule has 2 aliphatic rings. The van der Waals surface area contributed by atoms with E-state index in [1.165, 1.54) is 51.6 Å². The van der Waals surface area contributed by atoms with Crippen LogP contribution in [0.4, 0.5) is 0 Å². The second-order valence-corrected chi connectivity index (χ2v) is 4.31. The quantitative estimate of drug-likeness (QED) is 0.619. The fourth-order valence-electron chi connectivity index (χ4n) is 2.54. The van der Waals surface area contributed by atoms with Crippen LogP contribution in [0.1, 0.15) is 38.5 Å². The average molecular weight is 183 g/mol. The highest BCUT2D eigenvalue weighted by molar-refractivity contribution is 4.76. The lowest BCUT2D eigenvalue weighted by Gasteiger charge is -2.41. The Hall–Kier alpha value is -0.120. The summed E-state index contributed by atoms with van der Waals surface area (Å²) in [4.78, 5) is 2.57. The van der Waals surface area contributed by atoms with E-state index in [1.54, 1.807) is 0 Å². The van der Waals surface area contributed by atoms with Gasteiger partial charge in [-0.15, -0.1) is 0 Å². The van der Waals surface area contributed by atoms with Crippen LogP contribution in [0, 0.1) is 0 Å². The van der Waals surface area contributed by atoms with Gasteiger partial charge < -0.3 is 0 Å². The van der Waals surface area contributed by atoms with E-state index >= 15 is 0 Å². The number of nitrogens with zero attached hydrogens (tertiary/aromatic N) is 2. The molecule has 1 unspecified atom stereocenters. The average Bonchev–Trinajstić information content (AvgIpc) is 2.20. The van der Waals surface area contributed by atoms with Crippen molar-refractivity contribution in [1.29, 1.82) is 0 Å². The molecule has 0 aliphatic carbocycles. The lowest BCUT2D eigenvalue weighted by Crippen LogP contribution is -2.55. The maximum absolute atomic E-state index is 6.00. The molecule has 0 aromatic heterocycles. The van der Waals surface area contributed by atoms with Crippen molar-refractivity contribution in [3.05, 3.63) is 0 Å². The van der Waals surface area contributed by atoms with Gasteiger partial charge in [0.05, 0.1) is 6.17 Å². The van der Waals surface area contributed by atoms with Gasteiger partial charge in [0.25, 0.3) is 0 Å². The molecular weight excluding hydrogens is 162 g/mol. The lowest BCUT2D eigenvalue weighted by atomic mass is 10.1. The summed E-state index contributed by atoms with van der Waals surface area (Å²) in [5.74, 6) is 6.00. The minimum atomic E-state index is 0.550. The van der Waals surface area contributed by atoms with Gasteiger partial charge in [-0.05, 0) is 45.2 Å². The van der Waals surface area contributed by atoms with Crippen LogP contribution in [0.25, 0.3) is 0 Å². The summed E-state index contributed by atoms with van der Waals surface area (Å²) in [6.45, 7) is 3.61. The Morgan fingerprint density at radius 1 is 0.846 bits per heavy atom. The number of piperidine rings is 2. The minimum absolute atomic E-state index is 0.550. The number of hydrazine groups is 1. The zero-order valence-corrected chi connectivity index (χ0v) is 8.41. The number of nitrogens with two attached hydrogens (primary N) is 1. The maximum Gasteiger partial charge on any atom is 0.0755 e. The van der Waals surface area contributed by atoms with Gasteiger partial charge in [-0.1, -0.05) is 6.42 Å². The van der Waals surface area contributed by atoms with E-state index in [9.17, 15) is 0 Å². The number of likely N-dealkylation sites (tertiary alicyclic amines) is 1. The Bertz CT molecular complexity index is 154. The zero-order chi connectivity index (χ0) is 9.10. The molecule has 0 bridgehead atoms. The topological polar surface area (TPSA) is 32.5 Å². The summed E-state index contributed by atoms with van der Waals surface area (Å²) >= 11 is 0. The molecule has 13 heavy (non-hydrogen) atoms. The van der Waals surface area contributed by atoms with Crippen molar-refractivity contribution < 1.29 is 0 Å². The first-order valence-electron chi connectivity index (χ1n) is 5.63. The molecule has 0 spiro atoms. The third-order valence-corrected chi connectivity index (χ3v) is 3.32. The van der Waals surface area contributed by atoms with Gasteiger partial charge in [0.15, 0.2) is 0 Å². The molecule has 3 heteroatoms. The molecule has 0 aromatic carbocycles. The van der Waals surface area contributed by atoms with Crippen molar-refractivity contribution in [2.24, 2.45) is 5.84 Å². The molecule has 2 saturated heterocycles. The highest BCUT2D eigenvalue weighted by Crippen LogP contribution is 2.20. The van der Waals surface area contributed by atoms with Crippen molar-refractivity contribution in [1.82, 2.24) is 9.91 Å². The summed E-state index contributed by atoms with van der Waals surface area (Å²) in [6, 6.07) is 0. The fourth-order valence-corrected chi connectivity index (χ4v) is 2.54. The maximum atomic E-state index is 6.00. The van der Waals surface area contributed by atoms with Gasteiger partial charge >= 0.3 is 0 Å². The third-order valence-electron chi connectivity index (χ3n) is 3.32. The normalized spacial score (nSPS) is 33.5. The van der Waals surface area contributed by atoms with Crippen LogP contribution in [0.5, 0.6) is 0 Å². The van der Waals surface area contributed by atoms with Crippen LogP contribution in [0.2, 0.25) is 0 Å². The molecule has 2 heterocycles. The Kier molecular flexibility index (Phi) is 3.19. The van der Waals surface area contributed by atoms with Gasteiger partial charge in [-0.25, -0.2) is 5.01 Å². The first kappa shape index (κ1) is 9.44. The second-order valence-electron chi connectivity index (χ2n) is 4.31. The molecule has 2 aliphatic heterocycles. The van der Waals surface area contributed by atoms with Crippen LogP contribution in [0.3, 0.4) is 0 Å². The van der Waals surface area contributed by atoms with Gasteiger partial charge in [0.2, 0.25) is 0 Å². The molecule has 2 rings (SSSR count). The number of rotatable bonds is 1. The van der Waals surface area contributed by atoms with E-state index < -0.39 is 0 Å². The molecule has 0 amide bonds. The third kappa shape index (κ3) is 2.22. The first-order valence-corrected chi connectivity index (χ1v) is 5.63. The zero-order valence-electron chi connectivity index (χ0n) is 8.41. The van der Waals surface area contributed by atoms with E-state index in [0.717, 1.165) is 6.54 Å². The lowest BCUT2D eigenvalue weighted by molar-refractivity contribution is 0.00231. The van der Waals surface area contributed by atoms with E-state index in [2.05, 4.69) is 9.91 Å². The second kappa shape index (κ2) is 4.40. The predicted molar refractivity (Wildman–Crippen MR) is 54.0 cm³/mol. The van der Waals surface area contributed by atoms with Crippen molar-refractivity contribution in [2.45, 2.75) is 44.7 Å². The van der Waals surface area contributed by atoms with Crippen molar-refractivity contribution >= 4 is 0 Å². The molecule has 3 nitrogen and oxygen atoms in total. The van der Waals surface area contributed by atoms with Crippen LogP contribution >= 0.6 is 0 Å².